The monoisotopic (exact) mass is 331 g/mol. The van der Waals surface area contributed by atoms with Gasteiger partial charge in [0, 0.05) is 28.7 Å². The van der Waals surface area contributed by atoms with Gasteiger partial charge >= 0.3 is 0 Å². The first-order valence-corrected chi connectivity index (χ1v) is 7.97. The Bertz CT molecular complexity index is 1100. The first-order valence-electron chi connectivity index (χ1n) is 7.97. The maximum atomic E-state index is 11.6. The molecular weight excluding hydrogens is 314 g/mol. The first kappa shape index (κ1) is 15.2. The van der Waals surface area contributed by atoms with Crippen molar-refractivity contribution in [2.24, 2.45) is 5.73 Å². The molecule has 5 nitrogen and oxygen atoms in total. The average Bonchev–Trinajstić information content (AvgIpc) is 3.00. The number of aromatic amines is 1. The maximum absolute atomic E-state index is 11.6. The van der Waals surface area contributed by atoms with Crippen LogP contribution in [0.25, 0.3) is 32.9 Å². The quantitative estimate of drug-likeness (QED) is 0.601. The summed E-state index contributed by atoms with van der Waals surface area (Å²) in [7, 11) is 1.65. The number of methoxy groups -OCH3 is 1. The molecule has 4 aromatic rings. The summed E-state index contributed by atoms with van der Waals surface area (Å²) < 4.78 is 5.32. The van der Waals surface area contributed by atoms with Gasteiger partial charge in [-0.25, -0.2) is 0 Å². The van der Waals surface area contributed by atoms with Crippen LogP contribution in [-0.2, 0) is 11.2 Å². The molecule has 0 fully saturated rings. The van der Waals surface area contributed by atoms with Gasteiger partial charge in [0.05, 0.1) is 19.0 Å². The van der Waals surface area contributed by atoms with Crippen molar-refractivity contribution in [3.8, 4) is 16.9 Å². The molecule has 2 aromatic heterocycles. The minimum atomic E-state index is -0.360. The third-order valence-corrected chi connectivity index (χ3v) is 4.36. The van der Waals surface area contributed by atoms with Crippen LogP contribution in [0.1, 0.15) is 5.56 Å². The molecule has 3 N–H and O–H groups in total. The van der Waals surface area contributed by atoms with E-state index >= 15 is 0 Å². The predicted molar refractivity (Wildman–Crippen MR) is 98.5 cm³/mol. The summed E-state index contributed by atoms with van der Waals surface area (Å²) in [5, 5.41) is 2.05. The zero-order valence-corrected chi connectivity index (χ0v) is 13.7. The molecule has 0 radical (unpaired) electrons. The number of ether oxygens (including phenoxy) is 1. The number of carbonyl (C=O) groups excluding carboxylic acids is 1. The number of hydrogen-bond acceptors (Lipinski definition) is 3. The number of aromatic nitrogens is 2. The van der Waals surface area contributed by atoms with E-state index in [1.807, 2.05) is 42.6 Å². The zero-order chi connectivity index (χ0) is 17.4. The second kappa shape index (κ2) is 5.94. The van der Waals surface area contributed by atoms with Crippen molar-refractivity contribution in [1.29, 1.82) is 0 Å². The molecule has 0 atom stereocenters. The number of pyridine rings is 1. The number of primary amides is 1. The maximum Gasteiger partial charge on any atom is 0.221 e. The Morgan fingerprint density at radius 1 is 1.16 bits per heavy atom. The Morgan fingerprint density at radius 2 is 2.04 bits per heavy atom. The smallest absolute Gasteiger partial charge is 0.221 e. The van der Waals surface area contributed by atoms with Crippen molar-refractivity contribution >= 4 is 27.7 Å². The molecule has 2 aromatic carbocycles. The van der Waals surface area contributed by atoms with Gasteiger partial charge in [0.15, 0.2) is 0 Å². The van der Waals surface area contributed by atoms with Gasteiger partial charge in [0.2, 0.25) is 5.91 Å². The molecule has 5 heteroatoms. The van der Waals surface area contributed by atoms with Crippen LogP contribution in [0.4, 0.5) is 0 Å². The van der Waals surface area contributed by atoms with Crippen LogP contribution in [0.3, 0.4) is 0 Å². The summed E-state index contributed by atoms with van der Waals surface area (Å²) in [5.74, 6) is 0.426. The van der Waals surface area contributed by atoms with E-state index in [0.29, 0.717) is 0 Å². The van der Waals surface area contributed by atoms with Crippen molar-refractivity contribution < 1.29 is 9.53 Å². The highest BCUT2D eigenvalue weighted by Crippen LogP contribution is 2.33. The first-order chi connectivity index (χ1) is 12.2. The molecular formula is C20H17N3O2. The average molecular weight is 331 g/mol. The summed E-state index contributed by atoms with van der Waals surface area (Å²) >= 11 is 0. The molecule has 2 heterocycles. The van der Waals surface area contributed by atoms with Gasteiger partial charge in [-0.15, -0.1) is 0 Å². The normalized spacial score (nSPS) is 11.1. The molecule has 0 saturated carbocycles. The number of carbonyl (C=O) groups is 1. The molecule has 0 bridgehead atoms. The Balaban J connectivity index is 2.01. The van der Waals surface area contributed by atoms with E-state index in [0.717, 1.165) is 44.2 Å². The lowest BCUT2D eigenvalue weighted by Crippen LogP contribution is -2.14. The van der Waals surface area contributed by atoms with Gasteiger partial charge in [-0.3, -0.25) is 9.78 Å². The fourth-order valence-corrected chi connectivity index (χ4v) is 3.21. The Hall–Kier alpha value is -3.34. The molecule has 25 heavy (non-hydrogen) atoms. The minimum Gasteiger partial charge on any atom is -0.497 e. The van der Waals surface area contributed by atoms with Crippen LogP contribution in [0.2, 0.25) is 0 Å². The number of rotatable bonds is 4. The minimum absolute atomic E-state index is 0.175. The van der Waals surface area contributed by atoms with Gasteiger partial charge in [-0.2, -0.15) is 0 Å². The molecule has 4 rings (SSSR count). The number of H-pyrrole nitrogens is 1. The number of benzene rings is 2. The second-order valence-corrected chi connectivity index (χ2v) is 5.98. The number of nitrogens with zero attached hydrogens (tertiary/aromatic N) is 1. The van der Waals surface area contributed by atoms with Crippen LogP contribution < -0.4 is 10.5 Å². The number of amides is 1. The third-order valence-electron chi connectivity index (χ3n) is 4.36. The Morgan fingerprint density at radius 3 is 2.84 bits per heavy atom. The molecule has 1 amide bonds. The Kier molecular flexibility index (Phi) is 3.61. The van der Waals surface area contributed by atoms with Crippen molar-refractivity contribution in [3.63, 3.8) is 0 Å². The standard InChI is InChI=1S/C20H17N3O2/c1-25-15-4-2-3-12(8-15)13-7-14(10-19(21)24)20-16(9-13)17-11-22-6-5-18(17)23-20/h2-9,11,23H,10H2,1H3,(H2,21,24). The fraction of sp³-hybridized carbons (Fsp3) is 0.100. The zero-order valence-electron chi connectivity index (χ0n) is 13.7. The van der Waals surface area contributed by atoms with E-state index < -0.39 is 0 Å². The lowest BCUT2D eigenvalue weighted by molar-refractivity contribution is -0.117. The molecule has 0 aliphatic rings. The summed E-state index contributed by atoms with van der Waals surface area (Å²) in [6.45, 7) is 0. The third kappa shape index (κ3) is 2.70. The lowest BCUT2D eigenvalue weighted by Gasteiger charge is -2.09. The van der Waals surface area contributed by atoms with Crippen LogP contribution >= 0.6 is 0 Å². The summed E-state index contributed by atoms with van der Waals surface area (Å²) in [4.78, 5) is 19.2. The van der Waals surface area contributed by atoms with Crippen molar-refractivity contribution in [3.05, 3.63) is 60.4 Å². The lowest BCUT2D eigenvalue weighted by atomic mass is 9.98. The highest BCUT2D eigenvalue weighted by atomic mass is 16.5. The van der Waals surface area contributed by atoms with E-state index in [1.54, 1.807) is 13.3 Å². The van der Waals surface area contributed by atoms with Gasteiger partial charge in [-0.05, 0) is 47.0 Å². The van der Waals surface area contributed by atoms with E-state index in [9.17, 15) is 4.79 Å². The fourth-order valence-electron chi connectivity index (χ4n) is 3.21. The molecule has 0 spiro atoms. The van der Waals surface area contributed by atoms with Crippen LogP contribution in [0.5, 0.6) is 5.75 Å². The molecule has 0 saturated heterocycles. The molecule has 0 unspecified atom stereocenters. The second-order valence-electron chi connectivity index (χ2n) is 5.98. The van der Waals surface area contributed by atoms with Crippen LogP contribution in [0.15, 0.2) is 54.9 Å². The molecule has 124 valence electrons. The van der Waals surface area contributed by atoms with Gasteiger partial charge in [0.25, 0.3) is 0 Å². The summed E-state index contributed by atoms with van der Waals surface area (Å²) in [6, 6.07) is 13.9. The van der Waals surface area contributed by atoms with Crippen molar-refractivity contribution in [2.45, 2.75) is 6.42 Å². The number of hydrogen-bond donors (Lipinski definition) is 2. The highest BCUT2D eigenvalue weighted by Gasteiger charge is 2.13. The van der Waals surface area contributed by atoms with Crippen molar-refractivity contribution in [1.82, 2.24) is 9.97 Å². The van der Waals surface area contributed by atoms with E-state index in [4.69, 9.17) is 10.5 Å². The van der Waals surface area contributed by atoms with Crippen LogP contribution in [-0.4, -0.2) is 23.0 Å². The van der Waals surface area contributed by atoms with Gasteiger partial charge in [0.1, 0.15) is 5.75 Å². The molecule has 0 aliphatic carbocycles. The van der Waals surface area contributed by atoms with E-state index in [2.05, 4.69) is 16.0 Å². The number of nitrogens with two attached hydrogens (primary N) is 1. The highest BCUT2D eigenvalue weighted by molar-refractivity contribution is 6.09. The number of nitrogens with one attached hydrogen (secondary N) is 1. The van der Waals surface area contributed by atoms with E-state index in [1.165, 1.54) is 0 Å². The topological polar surface area (TPSA) is 81.0 Å². The van der Waals surface area contributed by atoms with Gasteiger partial charge in [-0.1, -0.05) is 12.1 Å². The predicted octanol–water partition coefficient (Wildman–Crippen LogP) is 3.42. The Labute approximate surface area is 144 Å². The summed E-state index contributed by atoms with van der Waals surface area (Å²) in [6.07, 6.45) is 3.75. The van der Waals surface area contributed by atoms with Crippen molar-refractivity contribution in [2.75, 3.05) is 7.11 Å². The van der Waals surface area contributed by atoms with E-state index in [-0.39, 0.29) is 12.3 Å². The largest absolute Gasteiger partial charge is 0.497 e. The van der Waals surface area contributed by atoms with Gasteiger partial charge < -0.3 is 15.5 Å². The molecule has 0 aliphatic heterocycles. The van der Waals surface area contributed by atoms with Crippen LogP contribution in [0, 0.1) is 0 Å². The SMILES string of the molecule is COc1cccc(-c2cc(CC(N)=O)c3[nH]c4ccncc4c3c2)c1. The number of fused-ring (bicyclic) bond motifs is 3. The summed E-state index contributed by atoms with van der Waals surface area (Å²) in [5.41, 5.74) is 10.3.